The van der Waals surface area contributed by atoms with Crippen molar-refractivity contribution in [3.63, 3.8) is 0 Å². The highest BCUT2D eigenvalue weighted by atomic mass is 16.5. The van der Waals surface area contributed by atoms with Gasteiger partial charge >= 0.3 is 5.97 Å². The summed E-state index contributed by atoms with van der Waals surface area (Å²) in [6.45, 7) is 3.09. The summed E-state index contributed by atoms with van der Waals surface area (Å²) in [7, 11) is 1.44. The first-order chi connectivity index (χ1) is 9.20. The van der Waals surface area contributed by atoms with E-state index in [4.69, 9.17) is 0 Å². The number of carbonyl (C=O) groups excluding carboxylic acids is 1. The Labute approximate surface area is 115 Å². The van der Waals surface area contributed by atoms with Crippen molar-refractivity contribution < 1.29 is 9.53 Å². The van der Waals surface area contributed by atoms with Gasteiger partial charge in [0.2, 0.25) is 0 Å². The van der Waals surface area contributed by atoms with Crippen LogP contribution in [0.2, 0.25) is 0 Å². The van der Waals surface area contributed by atoms with Crippen molar-refractivity contribution in [3.05, 3.63) is 35.4 Å². The molecule has 3 heteroatoms. The molecule has 0 spiro atoms. The van der Waals surface area contributed by atoms with Gasteiger partial charge in [0.1, 0.15) is 0 Å². The van der Waals surface area contributed by atoms with Crippen molar-refractivity contribution in [2.75, 3.05) is 13.7 Å². The maximum Gasteiger partial charge on any atom is 0.305 e. The average molecular weight is 261 g/mol. The summed E-state index contributed by atoms with van der Waals surface area (Å²) >= 11 is 0. The molecule has 1 fully saturated rings. The molecular formula is C16H23NO2. The van der Waals surface area contributed by atoms with E-state index in [2.05, 4.69) is 41.2 Å². The molecule has 1 aliphatic carbocycles. The van der Waals surface area contributed by atoms with Gasteiger partial charge in [0.25, 0.3) is 0 Å². The molecule has 1 aliphatic rings. The SMILES string of the molecule is COC(=O)CCCNC1CC(c2ccccc2C)C1. The molecule has 1 N–H and O–H groups in total. The summed E-state index contributed by atoms with van der Waals surface area (Å²) < 4.78 is 4.62. The predicted octanol–water partition coefficient (Wildman–Crippen LogP) is 2.78. The third kappa shape index (κ3) is 3.80. The van der Waals surface area contributed by atoms with Gasteiger partial charge < -0.3 is 10.1 Å². The first kappa shape index (κ1) is 14.1. The molecule has 1 saturated carbocycles. The number of methoxy groups -OCH3 is 1. The highest BCUT2D eigenvalue weighted by Crippen LogP contribution is 2.38. The molecule has 0 aromatic heterocycles. The van der Waals surface area contributed by atoms with Crippen molar-refractivity contribution >= 4 is 5.97 Å². The molecule has 0 bridgehead atoms. The van der Waals surface area contributed by atoms with E-state index in [1.165, 1.54) is 31.1 Å². The monoisotopic (exact) mass is 261 g/mol. The fourth-order valence-electron chi connectivity index (χ4n) is 2.72. The minimum absolute atomic E-state index is 0.117. The van der Waals surface area contributed by atoms with Crippen molar-refractivity contribution in [1.82, 2.24) is 5.32 Å². The van der Waals surface area contributed by atoms with Gasteiger partial charge in [0.15, 0.2) is 0 Å². The lowest BCUT2D eigenvalue weighted by atomic mass is 9.74. The smallest absolute Gasteiger partial charge is 0.305 e. The lowest BCUT2D eigenvalue weighted by Crippen LogP contribution is -2.40. The standard InChI is InChI=1S/C16H23NO2/c1-12-6-3-4-7-15(12)13-10-14(11-13)17-9-5-8-16(18)19-2/h3-4,6-7,13-14,17H,5,8-11H2,1-2H3. The normalized spacial score (nSPS) is 21.8. The second-order valence-electron chi connectivity index (χ2n) is 5.36. The second kappa shape index (κ2) is 6.71. The van der Waals surface area contributed by atoms with Gasteiger partial charge in [-0.25, -0.2) is 0 Å². The van der Waals surface area contributed by atoms with E-state index in [0.717, 1.165) is 13.0 Å². The summed E-state index contributed by atoms with van der Waals surface area (Å²) in [5, 5.41) is 3.51. The Balaban J connectivity index is 1.64. The number of aryl methyl sites for hydroxylation is 1. The highest BCUT2D eigenvalue weighted by Gasteiger charge is 2.30. The topological polar surface area (TPSA) is 38.3 Å². The molecule has 0 saturated heterocycles. The van der Waals surface area contributed by atoms with E-state index in [0.29, 0.717) is 18.4 Å². The molecule has 104 valence electrons. The molecule has 1 aromatic rings. The molecule has 0 heterocycles. The number of hydrogen-bond acceptors (Lipinski definition) is 3. The number of nitrogens with one attached hydrogen (secondary N) is 1. The molecule has 19 heavy (non-hydrogen) atoms. The summed E-state index contributed by atoms with van der Waals surface area (Å²) in [5.41, 5.74) is 2.90. The van der Waals surface area contributed by atoms with Crippen molar-refractivity contribution in [1.29, 1.82) is 0 Å². The lowest BCUT2D eigenvalue weighted by molar-refractivity contribution is -0.140. The zero-order valence-corrected chi connectivity index (χ0v) is 11.8. The van der Waals surface area contributed by atoms with Gasteiger partial charge in [-0.15, -0.1) is 0 Å². The van der Waals surface area contributed by atoms with Crippen LogP contribution in [0.4, 0.5) is 0 Å². The van der Waals surface area contributed by atoms with Gasteiger partial charge in [0.05, 0.1) is 7.11 Å². The third-order valence-corrected chi connectivity index (χ3v) is 3.98. The number of hydrogen-bond donors (Lipinski definition) is 1. The minimum Gasteiger partial charge on any atom is -0.469 e. The van der Waals surface area contributed by atoms with Crippen LogP contribution in [0.5, 0.6) is 0 Å². The van der Waals surface area contributed by atoms with Gasteiger partial charge in [-0.3, -0.25) is 4.79 Å². The minimum atomic E-state index is -0.117. The van der Waals surface area contributed by atoms with Crippen molar-refractivity contribution in [2.45, 2.75) is 44.6 Å². The van der Waals surface area contributed by atoms with E-state index in [-0.39, 0.29) is 5.97 Å². The predicted molar refractivity (Wildman–Crippen MR) is 76.2 cm³/mol. The molecule has 0 atom stereocenters. The molecule has 0 amide bonds. The Morgan fingerprint density at radius 3 is 2.79 bits per heavy atom. The van der Waals surface area contributed by atoms with Crippen molar-refractivity contribution in [2.24, 2.45) is 0 Å². The van der Waals surface area contributed by atoms with Crippen LogP contribution in [0.3, 0.4) is 0 Å². The maximum absolute atomic E-state index is 11.0. The molecule has 3 nitrogen and oxygen atoms in total. The van der Waals surface area contributed by atoms with Gasteiger partial charge in [0, 0.05) is 12.5 Å². The molecule has 2 rings (SSSR count). The van der Waals surface area contributed by atoms with Gasteiger partial charge in [-0.2, -0.15) is 0 Å². The Bertz CT molecular complexity index is 425. The van der Waals surface area contributed by atoms with E-state index in [1.807, 2.05) is 0 Å². The highest BCUT2D eigenvalue weighted by molar-refractivity contribution is 5.69. The average Bonchev–Trinajstić information content (AvgIpc) is 2.37. The van der Waals surface area contributed by atoms with Crippen molar-refractivity contribution in [3.8, 4) is 0 Å². The van der Waals surface area contributed by atoms with Crippen LogP contribution >= 0.6 is 0 Å². The van der Waals surface area contributed by atoms with Crippen LogP contribution in [0.1, 0.15) is 42.7 Å². The van der Waals surface area contributed by atoms with E-state index in [9.17, 15) is 4.79 Å². The molecular weight excluding hydrogens is 238 g/mol. The summed E-state index contributed by atoms with van der Waals surface area (Å²) in [4.78, 5) is 11.0. The lowest BCUT2D eigenvalue weighted by Gasteiger charge is -2.37. The first-order valence-electron chi connectivity index (χ1n) is 7.06. The van der Waals surface area contributed by atoms with Crippen LogP contribution in [-0.4, -0.2) is 25.7 Å². The number of esters is 1. The Morgan fingerprint density at radius 1 is 1.37 bits per heavy atom. The Kier molecular flexibility index (Phi) is 4.97. The summed E-state index contributed by atoms with van der Waals surface area (Å²) in [6.07, 6.45) is 3.79. The van der Waals surface area contributed by atoms with Crippen LogP contribution < -0.4 is 5.32 Å². The second-order valence-corrected chi connectivity index (χ2v) is 5.36. The van der Waals surface area contributed by atoms with Gasteiger partial charge in [-0.1, -0.05) is 24.3 Å². The summed E-state index contributed by atoms with van der Waals surface area (Å²) in [5.74, 6) is 0.590. The maximum atomic E-state index is 11.0. The first-order valence-corrected chi connectivity index (χ1v) is 7.06. The number of carbonyl (C=O) groups is 1. The van der Waals surface area contributed by atoms with Crippen LogP contribution in [0, 0.1) is 6.92 Å². The van der Waals surface area contributed by atoms with Crippen LogP contribution in [-0.2, 0) is 9.53 Å². The molecule has 0 radical (unpaired) electrons. The van der Waals surface area contributed by atoms with E-state index in [1.54, 1.807) is 0 Å². The summed E-state index contributed by atoms with van der Waals surface area (Å²) in [6, 6.07) is 9.27. The van der Waals surface area contributed by atoms with Gasteiger partial charge in [-0.05, 0) is 49.8 Å². The fraction of sp³-hybridized carbons (Fsp3) is 0.562. The number of ether oxygens (including phenoxy) is 1. The van der Waals surface area contributed by atoms with Crippen LogP contribution in [0.15, 0.2) is 24.3 Å². The van der Waals surface area contributed by atoms with Crippen LogP contribution in [0.25, 0.3) is 0 Å². The quantitative estimate of drug-likeness (QED) is 0.632. The molecule has 0 unspecified atom stereocenters. The zero-order chi connectivity index (χ0) is 13.7. The fourth-order valence-corrected chi connectivity index (χ4v) is 2.72. The number of benzene rings is 1. The van der Waals surface area contributed by atoms with E-state index < -0.39 is 0 Å². The molecule has 0 aliphatic heterocycles. The number of rotatable bonds is 6. The Morgan fingerprint density at radius 2 is 2.11 bits per heavy atom. The zero-order valence-electron chi connectivity index (χ0n) is 11.8. The molecule has 1 aromatic carbocycles. The largest absolute Gasteiger partial charge is 0.469 e. The van der Waals surface area contributed by atoms with E-state index >= 15 is 0 Å². The third-order valence-electron chi connectivity index (χ3n) is 3.98. The Hall–Kier alpha value is -1.35.